The van der Waals surface area contributed by atoms with Gasteiger partial charge in [-0.2, -0.15) is 0 Å². The molecule has 3 aliphatic carbocycles. The number of hydrogen-bond acceptors (Lipinski definition) is 4. The van der Waals surface area contributed by atoms with E-state index in [-0.39, 0.29) is 29.4 Å². The van der Waals surface area contributed by atoms with Crippen molar-refractivity contribution in [1.29, 1.82) is 0 Å². The molecule has 2 bridgehead atoms. The Hall–Kier alpha value is -2.60. The summed E-state index contributed by atoms with van der Waals surface area (Å²) in [6.45, 7) is 2.33. The predicted octanol–water partition coefficient (Wildman–Crippen LogP) is 2.78. The second-order valence-electron chi connectivity index (χ2n) is 7.88. The molecule has 1 aromatic carbocycles. The summed E-state index contributed by atoms with van der Waals surface area (Å²) in [5.74, 6) is 0.507. The minimum atomic E-state index is -0.325. The molecule has 3 aliphatic rings. The number of rotatable bonds is 7. The quantitative estimate of drug-likeness (QED) is 0.750. The fraction of sp³-hybridized carbons (Fsp3) is 0.381. The smallest absolute Gasteiger partial charge is 0.258 e. The zero-order chi connectivity index (χ0) is 19.8. The van der Waals surface area contributed by atoms with Gasteiger partial charge in [-0.3, -0.25) is 14.6 Å². The number of benzene rings is 1. The number of pyridine rings is 1. The van der Waals surface area contributed by atoms with Crippen LogP contribution in [0.1, 0.15) is 30.4 Å². The Balaban J connectivity index is 1.21. The van der Waals surface area contributed by atoms with Crippen molar-refractivity contribution in [2.45, 2.75) is 38.3 Å². The van der Waals surface area contributed by atoms with E-state index in [9.17, 15) is 9.59 Å². The first-order valence-corrected chi connectivity index (χ1v) is 9.65. The van der Waals surface area contributed by atoms with Gasteiger partial charge in [0.05, 0.1) is 5.41 Å². The van der Waals surface area contributed by atoms with E-state index >= 15 is 0 Å². The van der Waals surface area contributed by atoms with Crippen LogP contribution in [0.3, 0.4) is 0 Å². The number of amides is 2. The number of nitrogens with one attached hydrogen (secondary N) is 2. The first kappa shape index (κ1) is 18.7. The molecule has 0 unspecified atom stereocenters. The monoisotopic (exact) mass is 399 g/mol. The van der Waals surface area contributed by atoms with E-state index in [0.29, 0.717) is 36.6 Å². The summed E-state index contributed by atoms with van der Waals surface area (Å²) >= 11 is 5.99. The van der Waals surface area contributed by atoms with Crippen molar-refractivity contribution < 1.29 is 14.3 Å². The number of hydrogen-bond donors (Lipinski definition) is 2. The topological polar surface area (TPSA) is 80.3 Å². The molecule has 146 valence electrons. The maximum atomic E-state index is 12.5. The summed E-state index contributed by atoms with van der Waals surface area (Å²) in [7, 11) is 0. The molecule has 2 aromatic rings. The fourth-order valence-corrected chi connectivity index (χ4v) is 4.34. The number of halogens is 1. The summed E-state index contributed by atoms with van der Waals surface area (Å²) in [6.07, 6.45) is 5.48. The van der Waals surface area contributed by atoms with E-state index < -0.39 is 0 Å². The highest BCUT2D eigenvalue weighted by molar-refractivity contribution is 6.31. The number of ether oxygens (including phenoxy) is 1. The van der Waals surface area contributed by atoms with Crippen LogP contribution < -0.4 is 15.4 Å². The molecule has 2 amide bonds. The lowest BCUT2D eigenvalue weighted by molar-refractivity contribution is -0.184. The molecule has 0 aliphatic heterocycles. The van der Waals surface area contributed by atoms with Crippen LogP contribution in [0, 0.1) is 12.3 Å². The average Bonchev–Trinajstić information content (AvgIpc) is 2.63. The molecule has 1 heterocycles. The Morgan fingerprint density at radius 3 is 2.57 bits per heavy atom. The van der Waals surface area contributed by atoms with E-state index in [1.807, 2.05) is 19.1 Å². The number of aryl methyl sites for hydroxylation is 1. The van der Waals surface area contributed by atoms with Crippen LogP contribution in [-0.4, -0.2) is 28.9 Å². The van der Waals surface area contributed by atoms with Crippen LogP contribution in [0.5, 0.6) is 5.75 Å². The maximum absolute atomic E-state index is 12.5. The second-order valence-corrected chi connectivity index (χ2v) is 8.28. The molecule has 7 heteroatoms. The Morgan fingerprint density at radius 2 is 1.89 bits per heavy atom. The normalized spacial score (nSPS) is 24.5. The lowest BCUT2D eigenvalue weighted by Gasteiger charge is -2.69. The van der Waals surface area contributed by atoms with Gasteiger partial charge in [0, 0.05) is 29.5 Å². The molecule has 5 rings (SSSR count). The lowest BCUT2D eigenvalue weighted by atomic mass is 9.39. The minimum Gasteiger partial charge on any atom is -0.484 e. The number of nitrogens with zero attached hydrogens (tertiary/aromatic N) is 1. The van der Waals surface area contributed by atoms with E-state index in [4.69, 9.17) is 16.3 Å². The first-order valence-electron chi connectivity index (χ1n) is 9.27. The molecule has 0 saturated heterocycles. The molecule has 0 atom stereocenters. The molecule has 0 radical (unpaired) electrons. The van der Waals surface area contributed by atoms with Crippen LogP contribution >= 0.6 is 11.6 Å². The van der Waals surface area contributed by atoms with Gasteiger partial charge in [0.15, 0.2) is 6.61 Å². The molecule has 6 nitrogen and oxygen atoms in total. The predicted molar refractivity (Wildman–Crippen MR) is 105 cm³/mol. The third-order valence-electron chi connectivity index (χ3n) is 5.62. The molecule has 3 saturated carbocycles. The zero-order valence-electron chi connectivity index (χ0n) is 15.6. The molecular weight excluding hydrogens is 378 g/mol. The summed E-state index contributed by atoms with van der Waals surface area (Å²) < 4.78 is 5.54. The van der Waals surface area contributed by atoms with Crippen molar-refractivity contribution in [2.75, 3.05) is 6.61 Å². The largest absolute Gasteiger partial charge is 0.484 e. The number of carbonyl (C=O) groups is 2. The number of aromatic nitrogens is 1. The Labute approximate surface area is 168 Å². The molecule has 0 spiro atoms. The molecule has 3 fully saturated rings. The zero-order valence-corrected chi connectivity index (χ0v) is 16.4. The summed E-state index contributed by atoms with van der Waals surface area (Å²) in [5, 5.41) is 6.69. The highest BCUT2D eigenvalue weighted by Crippen LogP contribution is 2.67. The van der Waals surface area contributed by atoms with Crippen LogP contribution in [0.4, 0.5) is 0 Å². The van der Waals surface area contributed by atoms with Crippen LogP contribution in [-0.2, 0) is 16.1 Å². The van der Waals surface area contributed by atoms with Crippen LogP contribution in [0.15, 0.2) is 42.7 Å². The van der Waals surface area contributed by atoms with Gasteiger partial charge in [0.25, 0.3) is 5.91 Å². The molecular formula is C21H22ClN3O3. The van der Waals surface area contributed by atoms with Crippen molar-refractivity contribution >= 4 is 23.4 Å². The van der Waals surface area contributed by atoms with Gasteiger partial charge in [0.2, 0.25) is 5.91 Å². The van der Waals surface area contributed by atoms with Crippen molar-refractivity contribution in [3.8, 4) is 5.75 Å². The van der Waals surface area contributed by atoms with Gasteiger partial charge >= 0.3 is 0 Å². The Morgan fingerprint density at radius 1 is 1.18 bits per heavy atom. The van der Waals surface area contributed by atoms with Crippen molar-refractivity contribution in [3.63, 3.8) is 0 Å². The second kappa shape index (κ2) is 7.09. The van der Waals surface area contributed by atoms with Crippen molar-refractivity contribution in [2.24, 2.45) is 5.41 Å². The minimum absolute atomic E-state index is 0.0515. The Kier molecular flexibility index (Phi) is 4.75. The Bertz CT molecular complexity index is 897. The fourth-order valence-electron chi connectivity index (χ4n) is 4.22. The third kappa shape index (κ3) is 3.56. The average molecular weight is 400 g/mol. The highest BCUT2D eigenvalue weighted by atomic mass is 35.5. The van der Waals surface area contributed by atoms with Gasteiger partial charge in [-0.1, -0.05) is 11.6 Å². The highest BCUT2D eigenvalue weighted by Gasteiger charge is 2.72. The lowest BCUT2D eigenvalue weighted by Crippen LogP contribution is -2.78. The van der Waals surface area contributed by atoms with Crippen LogP contribution in [0.2, 0.25) is 5.02 Å². The van der Waals surface area contributed by atoms with Crippen molar-refractivity contribution in [3.05, 3.63) is 58.9 Å². The molecule has 1 aromatic heterocycles. The van der Waals surface area contributed by atoms with Crippen molar-refractivity contribution in [1.82, 2.24) is 15.6 Å². The van der Waals surface area contributed by atoms with Gasteiger partial charge in [-0.25, -0.2) is 0 Å². The standard InChI is InChI=1S/C21H22ClN3O3/c1-14-8-16(2-3-17(14)22)28-10-18(26)25-21-11-20(12-21,13-21)19(27)24-9-15-4-6-23-7-5-15/h2-8H,9-13H2,1H3,(H,24,27)(H,25,26). The summed E-state index contributed by atoms with van der Waals surface area (Å²) in [5.41, 5.74) is 1.35. The van der Waals surface area contributed by atoms with E-state index in [1.54, 1.807) is 30.6 Å². The molecule has 2 N–H and O–H groups in total. The van der Waals surface area contributed by atoms with Gasteiger partial charge in [-0.05, 0) is 67.6 Å². The summed E-state index contributed by atoms with van der Waals surface area (Å²) in [4.78, 5) is 28.7. The van der Waals surface area contributed by atoms with Gasteiger partial charge in [-0.15, -0.1) is 0 Å². The van der Waals surface area contributed by atoms with Gasteiger partial charge < -0.3 is 15.4 Å². The maximum Gasteiger partial charge on any atom is 0.258 e. The van der Waals surface area contributed by atoms with Crippen LogP contribution in [0.25, 0.3) is 0 Å². The van der Waals surface area contributed by atoms with E-state index in [2.05, 4.69) is 15.6 Å². The SMILES string of the molecule is Cc1cc(OCC(=O)NC23CC(C(=O)NCc4ccncc4)(C2)C3)ccc1Cl. The molecule has 28 heavy (non-hydrogen) atoms. The first-order chi connectivity index (χ1) is 13.4. The van der Waals surface area contributed by atoms with E-state index in [1.165, 1.54) is 0 Å². The number of carbonyl (C=O) groups excluding carboxylic acids is 2. The van der Waals surface area contributed by atoms with Gasteiger partial charge in [0.1, 0.15) is 5.75 Å². The van der Waals surface area contributed by atoms with E-state index in [0.717, 1.165) is 11.1 Å². The summed E-state index contributed by atoms with van der Waals surface area (Å²) in [6, 6.07) is 9.06. The third-order valence-corrected chi connectivity index (χ3v) is 6.04.